The molecule has 0 unspecified atom stereocenters. The average Bonchev–Trinajstić information content (AvgIpc) is 2.39. The smallest absolute Gasteiger partial charge is 0.329 e. The van der Waals surface area contributed by atoms with Crippen LogP contribution in [0.15, 0.2) is 30.3 Å². The molecule has 0 aliphatic carbocycles. The van der Waals surface area contributed by atoms with Crippen molar-refractivity contribution in [1.82, 2.24) is 4.90 Å². The molecule has 0 spiro atoms. The maximum absolute atomic E-state index is 13.0. The molecule has 6 heteroatoms. The molecule has 1 aromatic carbocycles. The number of hydrogen-bond donors (Lipinski definition) is 1. The summed E-state index contributed by atoms with van der Waals surface area (Å²) in [6, 6.07) is 5.93. The molecule has 1 N–H and O–H groups in total. The first kappa shape index (κ1) is 15.2. The minimum atomic E-state index is -1.04. The number of carbonyl (C=O) groups excluding carboxylic acids is 1. The molecule has 0 bridgehead atoms. The van der Waals surface area contributed by atoms with Crippen LogP contribution in [0.25, 0.3) is 6.08 Å². The van der Waals surface area contributed by atoms with Crippen LogP contribution in [0.4, 0.5) is 4.39 Å². The van der Waals surface area contributed by atoms with E-state index in [2.05, 4.69) is 0 Å². The number of carboxylic acid groups (broad SMARTS) is 1. The van der Waals surface area contributed by atoms with E-state index in [9.17, 15) is 14.0 Å². The van der Waals surface area contributed by atoms with Gasteiger partial charge in [0.1, 0.15) is 18.0 Å². The van der Waals surface area contributed by atoms with Crippen molar-refractivity contribution < 1.29 is 23.8 Å². The minimum Gasteiger partial charge on any atom is -0.480 e. The minimum absolute atomic E-state index is 0.212. The number of ether oxygens (including phenoxy) is 1. The predicted octanol–water partition coefficient (Wildman–Crippen LogP) is 1.54. The highest BCUT2D eigenvalue weighted by Gasteiger charge is 2.42. The van der Waals surface area contributed by atoms with Crippen LogP contribution in [0, 0.1) is 5.82 Å². The molecule has 0 aromatic heterocycles. The van der Waals surface area contributed by atoms with Crippen molar-refractivity contribution in [1.29, 1.82) is 0 Å². The van der Waals surface area contributed by atoms with Gasteiger partial charge in [-0.3, -0.25) is 4.79 Å². The van der Waals surface area contributed by atoms with Crippen molar-refractivity contribution in [2.45, 2.75) is 12.5 Å². The lowest BCUT2D eigenvalue weighted by Gasteiger charge is -2.46. The summed E-state index contributed by atoms with van der Waals surface area (Å²) in [5, 5.41) is 8.56. The van der Waals surface area contributed by atoms with Crippen LogP contribution < -0.4 is 0 Å². The van der Waals surface area contributed by atoms with Crippen LogP contribution >= 0.6 is 0 Å². The molecule has 1 aliphatic heterocycles. The molecule has 0 atom stereocenters. The summed E-state index contributed by atoms with van der Waals surface area (Å²) in [6.45, 7) is 2.06. The number of nitrogens with zero attached hydrogens (tertiary/aromatic N) is 1. The predicted molar refractivity (Wildman–Crippen MR) is 74.0 cm³/mol. The van der Waals surface area contributed by atoms with Crippen molar-refractivity contribution in [3.63, 3.8) is 0 Å². The number of carboxylic acids is 1. The van der Waals surface area contributed by atoms with Gasteiger partial charge in [0.25, 0.3) is 0 Å². The van der Waals surface area contributed by atoms with Gasteiger partial charge >= 0.3 is 5.97 Å². The Balaban J connectivity index is 1.85. The number of amides is 1. The Hall–Kier alpha value is -2.21. The lowest BCUT2D eigenvalue weighted by molar-refractivity contribution is -0.170. The van der Waals surface area contributed by atoms with E-state index in [0.717, 1.165) is 0 Å². The number of rotatable bonds is 5. The largest absolute Gasteiger partial charge is 0.480 e. The van der Waals surface area contributed by atoms with Gasteiger partial charge in [0.15, 0.2) is 0 Å². The van der Waals surface area contributed by atoms with E-state index in [1.54, 1.807) is 25.1 Å². The molecular formula is C15H16FNO4. The second-order valence-corrected chi connectivity index (χ2v) is 5.21. The van der Waals surface area contributed by atoms with Crippen LogP contribution in [-0.2, 0) is 14.3 Å². The van der Waals surface area contributed by atoms with Crippen LogP contribution in [-0.4, -0.2) is 47.2 Å². The van der Waals surface area contributed by atoms with Gasteiger partial charge in [0, 0.05) is 6.08 Å². The zero-order chi connectivity index (χ0) is 15.5. The van der Waals surface area contributed by atoms with Gasteiger partial charge < -0.3 is 14.7 Å². The molecule has 21 heavy (non-hydrogen) atoms. The highest BCUT2D eigenvalue weighted by Crippen LogP contribution is 2.24. The highest BCUT2D eigenvalue weighted by atomic mass is 19.1. The number of halogens is 1. The van der Waals surface area contributed by atoms with Gasteiger partial charge in [0.2, 0.25) is 5.91 Å². The van der Waals surface area contributed by atoms with Crippen molar-refractivity contribution >= 4 is 18.0 Å². The maximum atomic E-state index is 13.0. The summed E-state index contributed by atoms with van der Waals surface area (Å²) in [5.74, 6) is -1.61. The van der Waals surface area contributed by atoms with Crippen molar-refractivity contribution in [3.05, 3.63) is 41.7 Å². The number of carbonyl (C=O) groups is 2. The number of hydrogen-bond acceptors (Lipinski definition) is 3. The third-order valence-corrected chi connectivity index (χ3v) is 3.17. The summed E-state index contributed by atoms with van der Waals surface area (Å²) in [7, 11) is 0. The number of aliphatic carboxylic acids is 1. The molecule has 1 saturated heterocycles. The molecule has 1 heterocycles. The summed E-state index contributed by atoms with van der Waals surface area (Å²) >= 11 is 0. The summed E-state index contributed by atoms with van der Waals surface area (Å²) < 4.78 is 18.2. The molecule has 2 rings (SSSR count). The average molecular weight is 293 g/mol. The number of likely N-dealkylation sites (tertiary alicyclic amines) is 1. The third kappa shape index (κ3) is 4.13. The molecule has 1 amide bonds. The van der Waals surface area contributed by atoms with Gasteiger partial charge in [0.05, 0.1) is 13.1 Å². The first-order chi connectivity index (χ1) is 9.88. The monoisotopic (exact) mass is 293 g/mol. The second-order valence-electron chi connectivity index (χ2n) is 5.21. The SMILES string of the molecule is CC1(OCC(=O)O)CN(C(=O)/C=C/c2cccc(F)c2)C1. The van der Waals surface area contributed by atoms with E-state index in [4.69, 9.17) is 9.84 Å². The first-order valence-electron chi connectivity index (χ1n) is 6.46. The van der Waals surface area contributed by atoms with Crippen LogP contribution in [0.3, 0.4) is 0 Å². The quantitative estimate of drug-likeness (QED) is 0.836. The van der Waals surface area contributed by atoms with Gasteiger partial charge in [-0.2, -0.15) is 0 Å². The van der Waals surface area contributed by atoms with Gasteiger partial charge in [-0.15, -0.1) is 0 Å². The fourth-order valence-corrected chi connectivity index (χ4v) is 2.13. The van der Waals surface area contributed by atoms with E-state index in [-0.39, 0.29) is 18.3 Å². The Bertz CT molecular complexity index is 579. The zero-order valence-electron chi connectivity index (χ0n) is 11.6. The van der Waals surface area contributed by atoms with Crippen molar-refractivity contribution in [2.24, 2.45) is 0 Å². The van der Waals surface area contributed by atoms with Crippen LogP contribution in [0.5, 0.6) is 0 Å². The van der Waals surface area contributed by atoms with E-state index in [0.29, 0.717) is 18.7 Å². The van der Waals surface area contributed by atoms with Gasteiger partial charge in [-0.05, 0) is 30.7 Å². The standard InChI is InChI=1S/C15H16FNO4/c1-15(21-8-14(19)20)9-17(10-15)13(18)6-5-11-3-2-4-12(16)7-11/h2-7H,8-10H2,1H3,(H,19,20)/b6-5+. The second kappa shape index (κ2) is 6.05. The zero-order valence-corrected chi connectivity index (χ0v) is 11.6. The lowest BCUT2D eigenvalue weighted by Crippen LogP contribution is -2.63. The Labute approximate surface area is 121 Å². The summed E-state index contributed by atoms with van der Waals surface area (Å²) in [6.07, 6.45) is 2.91. The Morgan fingerprint density at radius 2 is 2.19 bits per heavy atom. The van der Waals surface area contributed by atoms with E-state index in [1.165, 1.54) is 23.1 Å². The fourth-order valence-electron chi connectivity index (χ4n) is 2.13. The van der Waals surface area contributed by atoms with E-state index >= 15 is 0 Å². The van der Waals surface area contributed by atoms with Crippen molar-refractivity contribution in [2.75, 3.05) is 19.7 Å². The molecule has 5 nitrogen and oxygen atoms in total. The fraction of sp³-hybridized carbons (Fsp3) is 0.333. The number of benzene rings is 1. The van der Waals surface area contributed by atoms with Gasteiger partial charge in [-0.25, -0.2) is 9.18 Å². The highest BCUT2D eigenvalue weighted by molar-refractivity contribution is 5.92. The van der Waals surface area contributed by atoms with Crippen LogP contribution in [0.1, 0.15) is 12.5 Å². The first-order valence-corrected chi connectivity index (χ1v) is 6.46. The Morgan fingerprint density at radius 3 is 2.81 bits per heavy atom. The molecule has 112 valence electrons. The van der Waals surface area contributed by atoms with E-state index < -0.39 is 11.6 Å². The van der Waals surface area contributed by atoms with Crippen molar-refractivity contribution in [3.8, 4) is 0 Å². The molecule has 0 saturated carbocycles. The Kier molecular flexibility index (Phi) is 4.37. The molecule has 0 radical (unpaired) electrons. The maximum Gasteiger partial charge on any atom is 0.329 e. The lowest BCUT2D eigenvalue weighted by atomic mass is 9.96. The summed E-state index contributed by atoms with van der Waals surface area (Å²) in [4.78, 5) is 23.9. The Morgan fingerprint density at radius 1 is 1.48 bits per heavy atom. The topological polar surface area (TPSA) is 66.8 Å². The summed E-state index contributed by atoms with van der Waals surface area (Å²) in [5.41, 5.74) is -0.00504. The molecule has 1 fully saturated rings. The van der Waals surface area contributed by atoms with Crippen LogP contribution in [0.2, 0.25) is 0 Å². The molecule has 1 aliphatic rings. The molecule has 1 aromatic rings. The third-order valence-electron chi connectivity index (χ3n) is 3.17. The normalized spacial score (nSPS) is 16.8. The molecular weight excluding hydrogens is 277 g/mol. The van der Waals surface area contributed by atoms with E-state index in [1.807, 2.05) is 0 Å². The van der Waals surface area contributed by atoms with Gasteiger partial charge in [-0.1, -0.05) is 12.1 Å².